The number of hydrogen-bond acceptors (Lipinski definition) is 2. The molecular formula is C12H15Cl2F3N2. The number of rotatable bonds is 6. The van der Waals surface area contributed by atoms with Crippen LogP contribution < -0.4 is 11.3 Å². The number of halogens is 5. The molecule has 1 aromatic carbocycles. The summed E-state index contributed by atoms with van der Waals surface area (Å²) in [7, 11) is 0. The van der Waals surface area contributed by atoms with Crippen LogP contribution in [0.25, 0.3) is 0 Å². The van der Waals surface area contributed by atoms with Crippen molar-refractivity contribution >= 4 is 23.2 Å². The van der Waals surface area contributed by atoms with E-state index in [-0.39, 0.29) is 12.5 Å². The zero-order chi connectivity index (χ0) is 14.5. The van der Waals surface area contributed by atoms with Crippen LogP contribution in [0.5, 0.6) is 0 Å². The van der Waals surface area contributed by atoms with Crippen molar-refractivity contribution in [3.63, 3.8) is 0 Å². The molecule has 0 amide bonds. The minimum absolute atomic E-state index is 0.0313. The molecule has 2 nitrogen and oxygen atoms in total. The SMILES string of the molecule is NNC(CCCC(F)(F)F)Cc1ccc(Cl)cc1Cl. The summed E-state index contributed by atoms with van der Waals surface area (Å²) in [6.45, 7) is 0. The first kappa shape index (κ1) is 16.6. The van der Waals surface area contributed by atoms with Gasteiger partial charge in [0.15, 0.2) is 0 Å². The molecule has 0 aliphatic rings. The molecule has 0 saturated carbocycles. The molecule has 0 bridgehead atoms. The van der Waals surface area contributed by atoms with Crippen LogP contribution in [0.15, 0.2) is 18.2 Å². The fourth-order valence-electron chi connectivity index (χ4n) is 1.75. The molecule has 1 unspecified atom stereocenters. The van der Waals surface area contributed by atoms with E-state index in [1.165, 1.54) is 0 Å². The second-order valence-corrected chi connectivity index (χ2v) is 5.15. The quantitative estimate of drug-likeness (QED) is 0.613. The fourth-order valence-corrected chi connectivity index (χ4v) is 2.23. The van der Waals surface area contributed by atoms with Crippen molar-refractivity contribution in [2.24, 2.45) is 5.84 Å². The molecule has 7 heteroatoms. The molecule has 1 aromatic rings. The van der Waals surface area contributed by atoms with E-state index >= 15 is 0 Å². The van der Waals surface area contributed by atoms with E-state index in [9.17, 15) is 13.2 Å². The molecule has 19 heavy (non-hydrogen) atoms. The van der Waals surface area contributed by atoms with Crippen LogP contribution in [0.4, 0.5) is 13.2 Å². The Bertz CT molecular complexity index is 410. The Balaban J connectivity index is 2.52. The highest BCUT2D eigenvalue weighted by Gasteiger charge is 2.26. The maximum absolute atomic E-state index is 12.1. The first-order chi connectivity index (χ1) is 8.81. The Hall–Kier alpha value is -0.490. The van der Waals surface area contributed by atoms with Crippen molar-refractivity contribution in [1.29, 1.82) is 0 Å². The van der Waals surface area contributed by atoms with Crippen molar-refractivity contribution in [2.45, 2.75) is 37.9 Å². The Kier molecular flexibility index (Phi) is 6.39. The van der Waals surface area contributed by atoms with Crippen LogP contribution in [0.1, 0.15) is 24.8 Å². The summed E-state index contributed by atoms with van der Waals surface area (Å²) in [5.41, 5.74) is 3.33. The van der Waals surface area contributed by atoms with Gasteiger partial charge < -0.3 is 0 Å². The average Bonchev–Trinajstić information content (AvgIpc) is 2.29. The highest BCUT2D eigenvalue weighted by molar-refractivity contribution is 6.35. The molecule has 1 atom stereocenters. The number of alkyl halides is 3. The summed E-state index contributed by atoms with van der Waals surface area (Å²) in [6.07, 6.45) is -4.11. The second kappa shape index (κ2) is 7.33. The van der Waals surface area contributed by atoms with Gasteiger partial charge in [0, 0.05) is 22.5 Å². The number of hydrazine groups is 1. The summed E-state index contributed by atoms with van der Waals surface area (Å²) in [5, 5.41) is 1.01. The minimum Gasteiger partial charge on any atom is -0.271 e. The molecule has 3 N–H and O–H groups in total. The molecule has 0 fully saturated rings. The third kappa shape index (κ3) is 6.47. The largest absolute Gasteiger partial charge is 0.389 e. The van der Waals surface area contributed by atoms with Crippen LogP contribution in [0, 0.1) is 0 Å². The lowest BCUT2D eigenvalue weighted by molar-refractivity contribution is -0.135. The highest BCUT2D eigenvalue weighted by atomic mass is 35.5. The van der Waals surface area contributed by atoms with E-state index in [2.05, 4.69) is 5.43 Å². The van der Waals surface area contributed by atoms with E-state index in [1.807, 2.05) is 0 Å². The lowest BCUT2D eigenvalue weighted by Crippen LogP contribution is -2.37. The standard InChI is InChI=1S/C12H15Cl2F3N2/c13-9-4-3-8(11(14)7-9)6-10(19-18)2-1-5-12(15,16)17/h3-4,7,10,19H,1-2,5-6,18H2. The van der Waals surface area contributed by atoms with Crippen molar-refractivity contribution in [3.8, 4) is 0 Å². The molecule has 0 aliphatic heterocycles. The van der Waals surface area contributed by atoms with Crippen molar-refractivity contribution in [1.82, 2.24) is 5.43 Å². The Morgan fingerprint density at radius 3 is 2.47 bits per heavy atom. The fraction of sp³-hybridized carbons (Fsp3) is 0.500. The molecule has 1 rings (SSSR count). The number of nitrogens with one attached hydrogen (secondary N) is 1. The van der Waals surface area contributed by atoms with Crippen LogP contribution in [-0.2, 0) is 6.42 Å². The maximum Gasteiger partial charge on any atom is 0.389 e. The Morgan fingerprint density at radius 1 is 1.26 bits per heavy atom. The van der Waals surface area contributed by atoms with Gasteiger partial charge >= 0.3 is 6.18 Å². The molecule has 0 radical (unpaired) electrons. The Labute approximate surface area is 120 Å². The molecule has 0 spiro atoms. The van der Waals surface area contributed by atoms with Gasteiger partial charge in [0.2, 0.25) is 0 Å². The van der Waals surface area contributed by atoms with Gasteiger partial charge in [0.25, 0.3) is 0 Å². The number of hydrogen-bond donors (Lipinski definition) is 2. The monoisotopic (exact) mass is 314 g/mol. The van der Waals surface area contributed by atoms with Crippen molar-refractivity contribution < 1.29 is 13.2 Å². The van der Waals surface area contributed by atoms with E-state index in [4.69, 9.17) is 29.0 Å². The molecule has 0 heterocycles. The van der Waals surface area contributed by atoms with E-state index in [1.54, 1.807) is 18.2 Å². The summed E-state index contributed by atoms with van der Waals surface area (Å²) in [6, 6.07) is 4.79. The Morgan fingerprint density at radius 2 is 1.95 bits per heavy atom. The van der Waals surface area contributed by atoms with Gasteiger partial charge in [-0.15, -0.1) is 0 Å². The number of nitrogens with two attached hydrogens (primary N) is 1. The highest BCUT2D eigenvalue weighted by Crippen LogP contribution is 2.25. The van der Waals surface area contributed by atoms with Gasteiger partial charge in [0.05, 0.1) is 0 Å². The van der Waals surface area contributed by atoms with Crippen molar-refractivity contribution in [2.75, 3.05) is 0 Å². The predicted molar refractivity (Wildman–Crippen MR) is 71.2 cm³/mol. The molecule has 0 saturated heterocycles. The normalized spacial score (nSPS) is 13.6. The molecule has 0 aromatic heterocycles. The second-order valence-electron chi connectivity index (χ2n) is 4.31. The lowest BCUT2D eigenvalue weighted by atomic mass is 10.0. The van der Waals surface area contributed by atoms with Gasteiger partial charge in [-0.2, -0.15) is 13.2 Å². The third-order valence-electron chi connectivity index (χ3n) is 2.73. The smallest absolute Gasteiger partial charge is 0.271 e. The third-order valence-corrected chi connectivity index (χ3v) is 3.32. The van der Waals surface area contributed by atoms with Gasteiger partial charge in [-0.25, -0.2) is 0 Å². The average molecular weight is 315 g/mol. The molecule has 108 valence electrons. The van der Waals surface area contributed by atoms with E-state index in [0.717, 1.165) is 5.56 Å². The van der Waals surface area contributed by atoms with Crippen LogP contribution in [0.2, 0.25) is 10.0 Å². The summed E-state index contributed by atoms with van der Waals surface area (Å²) in [5.74, 6) is 5.35. The molecule has 0 aliphatic carbocycles. The first-order valence-corrected chi connectivity index (χ1v) is 6.54. The van der Waals surface area contributed by atoms with Crippen molar-refractivity contribution in [3.05, 3.63) is 33.8 Å². The van der Waals surface area contributed by atoms with Gasteiger partial charge in [0.1, 0.15) is 0 Å². The summed E-state index contributed by atoms with van der Waals surface area (Å²) < 4.78 is 36.2. The zero-order valence-corrected chi connectivity index (χ0v) is 11.6. The van der Waals surface area contributed by atoms with E-state index in [0.29, 0.717) is 22.9 Å². The lowest BCUT2D eigenvalue weighted by Gasteiger charge is -2.17. The number of benzene rings is 1. The van der Waals surface area contributed by atoms with Crippen LogP contribution in [-0.4, -0.2) is 12.2 Å². The van der Waals surface area contributed by atoms with E-state index < -0.39 is 12.6 Å². The van der Waals surface area contributed by atoms with Gasteiger partial charge in [-0.05, 0) is 37.0 Å². The summed E-state index contributed by atoms with van der Waals surface area (Å²) >= 11 is 11.8. The van der Waals surface area contributed by atoms with Crippen LogP contribution in [0.3, 0.4) is 0 Å². The first-order valence-electron chi connectivity index (χ1n) is 5.78. The topological polar surface area (TPSA) is 38.0 Å². The van der Waals surface area contributed by atoms with Gasteiger partial charge in [-0.1, -0.05) is 29.3 Å². The predicted octanol–water partition coefficient (Wildman–Crippen LogP) is 4.10. The summed E-state index contributed by atoms with van der Waals surface area (Å²) in [4.78, 5) is 0. The van der Waals surface area contributed by atoms with Crippen LogP contribution >= 0.6 is 23.2 Å². The maximum atomic E-state index is 12.1. The van der Waals surface area contributed by atoms with Gasteiger partial charge in [-0.3, -0.25) is 11.3 Å². The minimum atomic E-state index is -4.13. The zero-order valence-electron chi connectivity index (χ0n) is 10.1. The molecular weight excluding hydrogens is 300 g/mol.